The average molecular weight is 335 g/mol. The van der Waals surface area contributed by atoms with E-state index in [4.69, 9.17) is 9.47 Å². The minimum absolute atomic E-state index is 0.0849. The third kappa shape index (κ3) is 10.1. The number of hydrogen-bond acceptors (Lipinski definition) is 6. The van der Waals surface area contributed by atoms with E-state index in [0.717, 1.165) is 31.4 Å². The highest BCUT2D eigenvalue weighted by Crippen LogP contribution is 2.20. The Bertz CT molecular complexity index is 304. The maximum absolute atomic E-state index is 11.6. The third-order valence-electron chi connectivity index (χ3n) is 3.28. The minimum Gasteiger partial charge on any atom is -0.465 e. The number of esters is 2. The van der Waals surface area contributed by atoms with Gasteiger partial charge in [0.25, 0.3) is 0 Å². The molecule has 1 fully saturated rings. The van der Waals surface area contributed by atoms with Crippen LogP contribution in [0.5, 0.6) is 0 Å². The van der Waals surface area contributed by atoms with E-state index >= 15 is 0 Å². The summed E-state index contributed by atoms with van der Waals surface area (Å²) in [5, 5.41) is 0. The predicted molar refractivity (Wildman–Crippen MR) is 88.9 cm³/mol. The number of hydrogen-bond donors (Lipinski definition) is 0. The fourth-order valence-electron chi connectivity index (χ4n) is 2.21. The summed E-state index contributed by atoms with van der Waals surface area (Å²) in [5.74, 6) is 1.52. The Balaban J connectivity index is 1.89. The molecular weight excluding hydrogens is 308 g/mol. The Morgan fingerprint density at radius 2 is 1.81 bits per heavy atom. The summed E-state index contributed by atoms with van der Waals surface area (Å²) < 4.78 is 10.5. The van der Waals surface area contributed by atoms with Crippen LogP contribution in [0.25, 0.3) is 0 Å². The largest absolute Gasteiger partial charge is 0.465 e. The van der Waals surface area contributed by atoms with Gasteiger partial charge in [0, 0.05) is 0 Å². The Morgan fingerprint density at radius 3 is 2.52 bits per heavy atom. The summed E-state index contributed by atoms with van der Waals surface area (Å²) >= 11 is 3.07. The Hall–Kier alpha value is -0.360. The smallest absolute Gasteiger partial charge is 0.316 e. The molecule has 0 aromatic heterocycles. The summed E-state index contributed by atoms with van der Waals surface area (Å²) in [5.41, 5.74) is 0. The first-order chi connectivity index (χ1) is 10.2. The fraction of sp³-hybridized carbons (Fsp3) is 0.867. The van der Waals surface area contributed by atoms with Gasteiger partial charge in [-0.15, -0.1) is 0 Å². The van der Waals surface area contributed by atoms with Crippen molar-refractivity contribution in [2.24, 2.45) is 0 Å². The van der Waals surface area contributed by atoms with E-state index in [1.807, 2.05) is 6.26 Å². The number of carbonyl (C=O) groups is 2. The van der Waals surface area contributed by atoms with Crippen molar-refractivity contribution in [1.82, 2.24) is 0 Å². The van der Waals surface area contributed by atoms with E-state index in [2.05, 4.69) is 0 Å². The lowest BCUT2D eigenvalue weighted by Crippen LogP contribution is -2.22. The van der Waals surface area contributed by atoms with Gasteiger partial charge in [0.05, 0.1) is 18.1 Å². The molecule has 1 aliphatic carbocycles. The topological polar surface area (TPSA) is 52.6 Å². The molecule has 0 amide bonds. The lowest BCUT2D eigenvalue weighted by Gasteiger charge is -2.21. The third-order valence-corrected chi connectivity index (χ3v) is 4.82. The van der Waals surface area contributed by atoms with Gasteiger partial charge in [0.1, 0.15) is 6.10 Å². The average Bonchev–Trinajstić information content (AvgIpc) is 2.47. The zero-order valence-electron chi connectivity index (χ0n) is 12.8. The number of carbonyl (C=O) groups excluding carboxylic acids is 2. The van der Waals surface area contributed by atoms with E-state index in [-0.39, 0.29) is 18.0 Å². The lowest BCUT2D eigenvalue weighted by molar-refractivity contribution is -0.147. The van der Waals surface area contributed by atoms with Crippen molar-refractivity contribution >= 4 is 35.5 Å². The number of unbranched alkanes of at least 4 members (excludes halogenated alkanes) is 1. The van der Waals surface area contributed by atoms with Gasteiger partial charge in [-0.3, -0.25) is 9.59 Å². The van der Waals surface area contributed by atoms with E-state index in [9.17, 15) is 9.59 Å². The second-order valence-electron chi connectivity index (χ2n) is 5.16. The van der Waals surface area contributed by atoms with Crippen molar-refractivity contribution in [3.63, 3.8) is 0 Å². The molecule has 0 saturated heterocycles. The molecule has 122 valence electrons. The van der Waals surface area contributed by atoms with Crippen molar-refractivity contribution in [3.8, 4) is 0 Å². The van der Waals surface area contributed by atoms with Crippen molar-refractivity contribution < 1.29 is 19.1 Å². The SMILES string of the molecule is CSCC(=O)OCCCCSCC(=O)OC1CCCCC1. The van der Waals surface area contributed by atoms with Crippen LogP contribution in [0.2, 0.25) is 0 Å². The second kappa shape index (κ2) is 12.2. The first-order valence-electron chi connectivity index (χ1n) is 7.64. The Morgan fingerprint density at radius 1 is 1.05 bits per heavy atom. The van der Waals surface area contributed by atoms with Crippen molar-refractivity contribution in [1.29, 1.82) is 0 Å². The van der Waals surface area contributed by atoms with E-state index in [1.165, 1.54) is 31.0 Å². The summed E-state index contributed by atoms with van der Waals surface area (Å²) in [7, 11) is 0. The number of ether oxygens (including phenoxy) is 2. The molecular formula is C15H26O4S2. The van der Waals surface area contributed by atoms with E-state index < -0.39 is 0 Å². The van der Waals surface area contributed by atoms with Crippen LogP contribution in [0.15, 0.2) is 0 Å². The van der Waals surface area contributed by atoms with Gasteiger partial charge in [-0.05, 0) is 50.5 Å². The molecule has 1 rings (SSSR count). The van der Waals surface area contributed by atoms with Crippen LogP contribution < -0.4 is 0 Å². The molecule has 1 aliphatic rings. The summed E-state index contributed by atoms with van der Waals surface area (Å²) in [6.45, 7) is 0.479. The van der Waals surface area contributed by atoms with Crippen LogP contribution in [0, 0.1) is 0 Å². The highest BCUT2D eigenvalue weighted by molar-refractivity contribution is 7.99. The molecule has 0 bridgehead atoms. The summed E-state index contributed by atoms with van der Waals surface area (Å²) in [4.78, 5) is 22.7. The zero-order chi connectivity index (χ0) is 15.3. The molecule has 4 nitrogen and oxygen atoms in total. The molecule has 0 atom stereocenters. The Labute approximate surface area is 136 Å². The normalized spacial score (nSPS) is 15.7. The van der Waals surface area contributed by atoms with Gasteiger partial charge >= 0.3 is 11.9 Å². The molecule has 0 heterocycles. The molecule has 0 N–H and O–H groups in total. The maximum Gasteiger partial charge on any atom is 0.316 e. The molecule has 0 aromatic carbocycles. The fourth-order valence-corrected chi connectivity index (χ4v) is 3.32. The van der Waals surface area contributed by atoms with Gasteiger partial charge in [-0.25, -0.2) is 0 Å². The standard InChI is InChI=1S/C15H26O4S2/c1-20-11-14(16)18-9-5-6-10-21-12-15(17)19-13-7-3-2-4-8-13/h13H,2-12H2,1H3. The van der Waals surface area contributed by atoms with Crippen LogP contribution in [0.3, 0.4) is 0 Å². The van der Waals surface area contributed by atoms with Crippen molar-refractivity contribution in [2.45, 2.75) is 51.0 Å². The monoisotopic (exact) mass is 334 g/mol. The number of thioether (sulfide) groups is 2. The summed E-state index contributed by atoms with van der Waals surface area (Å²) in [6.07, 6.45) is 9.52. The van der Waals surface area contributed by atoms with Gasteiger partial charge in [0.15, 0.2) is 0 Å². The molecule has 0 unspecified atom stereocenters. The quantitative estimate of drug-likeness (QED) is 0.451. The molecule has 0 aliphatic heterocycles. The highest BCUT2D eigenvalue weighted by atomic mass is 32.2. The van der Waals surface area contributed by atoms with Gasteiger partial charge in [0.2, 0.25) is 0 Å². The van der Waals surface area contributed by atoms with E-state index in [0.29, 0.717) is 18.1 Å². The van der Waals surface area contributed by atoms with Crippen LogP contribution in [-0.4, -0.2) is 48.2 Å². The minimum atomic E-state index is -0.147. The first-order valence-corrected chi connectivity index (χ1v) is 10.2. The molecule has 6 heteroatoms. The first kappa shape index (κ1) is 18.7. The second-order valence-corrected chi connectivity index (χ2v) is 7.13. The maximum atomic E-state index is 11.6. The van der Waals surface area contributed by atoms with Crippen LogP contribution in [-0.2, 0) is 19.1 Å². The molecule has 21 heavy (non-hydrogen) atoms. The van der Waals surface area contributed by atoms with Crippen molar-refractivity contribution in [3.05, 3.63) is 0 Å². The van der Waals surface area contributed by atoms with Gasteiger partial charge < -0.3 is 9.47 Å². The summed E-state index contributed by atoms with van der Waals surface area (Å²) in [6, 6.07) is 0. The number of rotatable bonds is 10. The van der Waals surface area contributed by atoms with Crippen molar-refractivity contribution in [2.75, 3.05) is 30.1 Å². The van der Waals surface area contributed by atoms with Crippen LogP contribution >= 0.6 is 23.5 Å². The molecule has 1 saturated carbocycles. The van der Waals surface area contributed by atoms with Crippen LogP contribution in [0.4, 0.5) is 0 Å². The van der Waals surface area contributed by atoms with Gasteiger partial charge in [-0.1, -0.05) is 6.42 Å². The highest BCUT2D eigenvalue weighted by Gasteiger charge is 2.17. The Kier molecular flexibility index (Phi) is 10.9. The van der Waals surface area contributed by atoms with E-state index in [1.54, 1.807) is 11.8 Å². The molecule has 0 radical (unpaired) electrons. The molecule has 0 spiro atoms. The molecule has 0 aromatic rings. The van der Waals surface area contributed by atoms with Gasteiger partial charge in [-0.2, -0.15) is 23.5 Å². The zero-order valence-corrected chi connectivity index (χ0v) is 14.4. The van der Waals surface area contributed by atoms with Crippen LogP contribution in [0.1, 0.15) is 44.9 Å². The lowest BCUT2D eigenvalue weighted by atomic mass is 9.98. The predicted octanol–water partition coefficient (Wildman–Crippen LogP) is 3.28.